The molecule has 4 N–H and O–H groups in total. The van der Waals surface area contributed by atoms with Gasteiger partial charge in [0.1, 0.15) is 0 Å². The smallest absolute Gasteiger partial charge is 0.240 e. The van der Waals surface area contributed by atoms with Crippen molar-refractivity contribution in [1.82, 2.24) is 4.72 Å². The fraction of sp³-hybridized carbons (Fsp3) is 0.538. The molecule has 0 saturated heterocycles. The molecule has 1 aromatic rings. The molecule has 0 aromatic heterocycles. The summed E-state index contributed by atoms with van der Waals surface area (Å²) in [6.07, 6.45) is 2.15. The molecule has 0 atom stereocenters. The van der Waals surface area contributed by atoms with Crippen molar-refractivity contribution in [2.75, 3.05) is 24.6 Å². The van der Waals surface area contributed by atoms with Crippen molar-refractivity contribution < 1.29 is 8.42 Å². The fourth-order valence-corrected chi connectivity index (χ4v) is 2.46. The summed E-state index contributed by atoms with van der Waals surface area (Å²) in [5, 5.41) is 3.19. The number of hydrogen-bond donors (Lipinski definition) is 3. The standard InChI is InChI=1S/C13H23N3O2S/c1-10(2)5-4-8-16-13-9-11(6-7-12(13)14)19(17,18)15-3/h6-7,9-10,15-16H,4-5,8,14H2,1-3H3. The van der Waals surface area contributed by atoms with Crippen molar-refractivity contribution in [2.45, 2.75) is 31.6 Å². The van der Waals surface area contributed by atoms with Crippen LogP contribution in [0.1, 0.15) is 26.7 Å². The largest absolute Gasteiger partial charge is 0.397 e. The molecule has 0 radical (unpaired) electrons. The fourth-order valence-electron chi connectivity index (χ4n) is 1.71. The van der Waals surface area contributed by atoms with Crippen LogP contribution in [0.2, 0.25) is 0 Å². The Labute approximate surface area is 115 Å². The van der Waals surface area contributed by atoms with Gasteiger partial charge in [-0.25, -0.2) is 13.1 Å². The third-order valence-electron chi connectivity index (χ3n) is 2.88. The Bertz CT molecular complexity index is 513. The molecule has 0 fully saturated rings. The molecule has 0 aliphatic carbocycles. The second-order valence-electron chi connectivity index (χ2n) is 4.92. The van der Waals surface area contributed by atoms with Crippen molar-refractivity contribution in [3.8, 4) is 0 Å². The molecule has 1 rings (SSSR count). The molecule has 0 aliphatic rings. The van der Waals surface area contributed by atoms with Crippen LogP contribution in [-0.4, -0.2) is 22.0 Å². The summed E-state index contributed by atoms with van der Waals surface area (Å²) in [6.45, 7) is 5.13. The SMILES string of the molecule is CNS(=O)(=O)c1ccc(N)c(NCCCC(C)C)c1. The summed E-state index contributed by atoms with van der Waals surface area (Å²) in [7, 11) is -2.04. The lowest BCUT2D eigenvalue weighted by atomic mass is 10.1. The summed E-state index contributed by atoms with van der Waals surface area (Å²) < 4.78 is 25.7. The van der Waals surface area contributed by atoms with Crippen LogP contribution >= 0.6 is 0 Å². The zero-order valence-corrected chi connectivity index (χ0v) is 12.5. The summed E-state index contributed by atoms with van der Waals surface area (Å²) >= 11 is 0. The molecule has 0 saturated carbocycles. The van der Waals surface area contributed by atoms with Gasteiger partial charge in [-0.05, 0) is 44.0 Å². The number of hydrogen-bond acceptors (Lipinski definition) is 4. The highest BCUT2D eigenvalue weighted by Gasteiger charge is 2.12. The monoisotopic (exact) mass is 285 g/mol. The molecule has 5 nitrogen and oxygen atoms in total. The van der Waals surface area contributed by atoms with Gasteiger partial charge in [0, 0.05) is 6.54 Å². The summed E-state index contributed by atoms with van der Waals surface area (Å²) in [5.74, 6) is 0.662. The molecule has 6 heteroatoms. The first-order valence-electron chi connectivity index (χ1n) is 6.43. The molecule has 0 spiro atoms. The van der Waals surface area contributed by atoms with Crippen LogP contribution in [-0.2, 0) is 10.0 Å². The Balaban J connectivity index is 2.75. The second kappa shape index (κ2) is 6.77. The highest BCUT2D eigenvalue weighted by atomic mass is 32.2. The normalized spacial score (nSPS) is 11.8. The molecule has 0 amide bonds. The Kier molecular flexibility index (Phi) is 5.62. The van der Waals surface area contributed by atoms with E-state index < -0.39 is 10.0 Å². The number of sulfonamides is 1. The van der Waals surface area contributed by atoms with Crippen molar-refractivity contribution in [3.63, 3.8) is 0 Å². The molecule has 1 aromatic carbocycles. The molecular formula is C13H23N3O2S. The minimum absolute atomic E-state index is 0.218. The van der Waals surface area contributed by atoms with E-state index >= 15 is 0 Å². The number of nitrogens with one attached hydrogen (secondary N) is 2. The third kappa shape index (κ3) is 4.72. The first-order valence-corrected chi connectivity index (χ1v) is 7.92. The minimum atomic E-state index is -3.43. The van der Waals surface area contributed by atoms with Crippen LogP contribution in [0, 0.1) is 5.92 Å². The Morgan fingerprint density at radius 1 is 1.32 bits per heavy atom. The van der Waals surface area contributed by atoms with Crippen LogP contribution in [0.15, 0.2) is 23.1 Å². The number of nitrogens with two attached hydrogens (primary N) is 1. The van der Waals surface area contributed by atoms with E-state index in [1.54, 1.807) is 12.1 Å². The minimum Gasteiger partial charge on any atom is -0.397 e. The lowest BCUT2D eigenvalue weighted by molar-refractivity contribution is 0.567. The molecule has 0 bridgehead atoms. The Hall–Kier alpha value is -1.27. The molecule has 0 heterocycles. The zero-order valence-electron chi connectivity index (χ0n) is 11.7. The van der Waals surface area contributed by atoms with Crippen LogP contribution in [0.4, 0.5) is 11.4 Å². The van der Waals surface area contributed by atoms with Crippen molar-refractivity contribution in [3.05, 3.63) is 18.2 Å². The molecule has 0 unspecified atom stereocenters. The maximum absolute atomic E-state index is 11.7. The summed E-state index contributed by atoms with van der Waals surface area (Å²) in [4.78, 5) is 0.218. The van der Waals surface area contributed by atoms with Crippen molar-refractivity contribution in [2.24, 2.45) is 5.92 Å². The second-order valence-corrected chi connectivity index (χ2v) is 6.81. The summed E-state index contributed by atoms with van der Waals surface area (Å²) in [5.41, 5.74) is 7.06. The number of benzene rings is 1. The van der Waals surface area contributed by atoms with Crippen LogP contribution in [0.3, 0.4) is 0 Å². The van der Waals surface area contributed by atoms with Gasteiger partial charge < -0.3 is 11.1 Å². The van der Waals surface area contributed by atoms with Crippen LogP contribution in [0.25, 0.3) is 0 Å². The van der Waals surface area contributed by atoms with Gasteiger partial charge in [0.15, 0.2) is 0 Å². The Morgan fingerprint density at radius 3 is 2.58 bits per heavy atom. The van der Waals surface area contributed by atoms with Gasteiger partial charge in [-0.3, -0.25) is 0 Å². The van der Waals surface area contributed by atoms with E-state index in [0.29, 0.717) is 17.3 Å². The van der Waals surface area contributed by atoms with Gasteiger partial charge in [-0.1, -0.05) is 13.8 Å². The predicted molar refractivity (Wildman–Crippen MR) is 79.7 cm³/mol. The molecule has 0 aliphatic heterocycles. The van der Waals surface area contributed by atoms with E-state index in [9.17, 15) is 8.42 Å². The maximum Gasteiger partial charge on any atom is 0.240 e. The third-order valence-corrected chi connectivity index (χ3v) is 4.29. The van der Waals surface area contributed by atoms with E-state index in [4.69, 9.17) is 5.73 Å². The lowest BCUT2D eigenvalue weighted by Crippen LogP contribution is -2.19. The average molecular weight is 285 g/mol. The highest BCUT2D eigenvalue weighted by Crippen LogP contribution is 2.22. The van der Waals surface area contributed by atoms with Crippen LogP contribution < -0.4 is 15.8 Å². The van der Waals surface area contributed by atoms with Crippen molar-refractivity contribution in [1.29, 1.82) is 0 Å². The topological polar surface area (TPSA) is 84.2 Å². The van der Waals surface area contributed by atoms with Crippen molar-refractivity contribution >= 4 is 21.4 Å². The number of rotatable bonds is 7. The van der Waals surface area contributed by atoms with E-state index in [1.165, 1.54) is 13.1 Å². The van der Waals surface area contributed by atoms with Gasteiger partial charge in [0.2, 0.25) is 10.0 Å². The number of anilines is 2. The molecule has 19 heavy (non-hydrogen) atoms. The van der Waals surface area contributed by atoms with Gasteiger partial charge in [0.25, 0.3) is 0 Å². The van der Waals surface area contributed by atoms with E-state index in [2.05, 4.69) is 23.9 Å². The first kappa shape index (κ1) is 15.8. The predicted octanol–water partition coefficient (Wildman–Crippen LogP) is 2.02. The van der Waals surface area contributed by atoms with Crippen LogP contribution in [0.5, 0.6) is 0 Å². The quantitative estimate of drug-likeness (QED) is 0.528. The first-order chi connectivity index (χ1) is 8.86. The zero-order chi connectivity index (χ0) is 14.5. The van der Waals surface area contributed by atoms with Gasteiger partial charge in [-0.15, -0.1) is 0 Å². The molecular weight excluding hydrogens is 262 g/mol. The lowest BCUT2D eigenvalue weighted by Gasteiger charge is -2.12. The highest BCUT2D eigenvalue weighted by molar-refractivity contribution is 7.89. The summed E-state index contributed by atoms with van der Waals surface area (Å²) in [6, 6.07) is 4.67. The van der Waals surface area contributed by atoms with E-state index in [0.717, 1.165) is 19.4 Å². The Morgan fingerprint density at radius 2 is 2.00 bits per heavy atom. The average Bonchev–Trinajstić information content (AvgIpc) is 2.36. The van der Waals surface area contributed by atoms with E-state index in [1.807, 2.05) is 0 Å². The number of nitrogen functional groups attached to an aromatic ring is 1. The van der Waals surface area contributed by atoms with Gasteiger partial charge in [0.05, 0.1) is 16.3 Å². The van der Waals surface area contributed by atoms with Gasteiger partial charge >= 0.3 is 0 Å². The molecule has 108 valence electrons. The van der Waals surface area contributed by atoms with Gasteiger partial charge in [-0.2, -0.15) is 0 Å². The van der Waals surface area contributed by atoms with E-state index in [-0.39, 0.29) is 4.90 Å². The maximum atomic E-state index is 11.7.